The lowest BCUT2D eigenvalue weighted by atomic mass is 9.97. The second-order valence-electron chi connectivity index (χ2n) is 8.26. The second kappa shape index (κ2) is 9.27. The second-order valence-corrected chi connectivity index (χ2v) is 8.26. The Bertz CT molecular complexity index is 1250. The quantitative estimate of drug-likeness (QED) is 0.557. The van der Waals surface area contributed by atoms with E-state index in [-0.39, 0.29) is 22.8 Å². The Hall–Kier alpha value is -3.32. The number of benzene rings is 2. The van der Waals surface area contributed by atoms with Gasteiger partial charge in [0.2, 0.25) is 5.76 Å². The first kappa shape index (κ1) is 22.9. The molecule has 1 unspecified atom stereocenters. The maximum atomic E-state index is 13.6. The van der Waals surface area contributed by atoms with Crippen molar-refractivity contribution in [3.05, 3.63) is 69.1 Å². The lowest BCUT2D eigenvalue weighted by Gasteiger charge is -2.28. The average Bonchev–Trinajstić information content (AvgIpc) is 3.08. The third kappa shape index (κ3) is 4.09. The summed E-state index contributed by atoms with van der Waals surface area (Å²) in [6.45, 7) is 11.1. The molecule has 0 radical (unpaired) electrons. The van der Waals surface area contributed by atoms with E-state index in [0.717, 1.165) is 18.7 Å². The van der Waals surface area contributed by atoms with Crippen LogP contribution >= 0.6 is 0 Å². The first-order chi connectivity index (χ1) is 15.9. The number of hydrogen-bond donors (Lipinski definition) is 1. The van der Waals surface area contributed by atoms with Gasteiger partial charge in [0.1, 0.15) is 5.58 Å². The summed E-state index contributed by atoms with van der Waals surface area (Å²) in [7, 11) is 0. The molecule has 1 aromatic heterocycles. The zero-order valence-electron chi connectivity index (χ0n) is 19.6. The van der Waals surface area contributed by atoms with E-state index < -0.39 is 6.04 Å². The molecule has 1 atom stereocenters. The number of fused-ring (bicyclic) bond motifs is 2. The number of amides is 1. The van der Waals surface area contributed by atoms with Gasteiger partial charge < -0.3 is 24.1 Å². The average molecular weight is 451 g/mol. The predicted octanol–water partition coefficient (Wildman–Crippen LogP) is 4.09. The number of ether oxygens (including phenoxy) is 1. The summed E-state index contributed by atoms with van der Waals surface area (Å²) in [5, 5.41) is 10.7. The van der Waals surface area contributed by atoms with Gasteiger partial charge in [-0.25, -0.2) is 0 Å². The fraction of sp³-hybridized carbons (Fsp3) is 0.385. The Balaban J connectivity index is 1.89. The van der Waals surface area contributed by atoms with Crippen molar-refractivity contribution in [3.8, 4) is 11.5 Å². The minimum absolute atomic E-state index is 0.0148. The molecule has 0 fully saturated rings. The molecule has 0 bridgehead atoms. The molecule has 7 nitrogen and oxygen atoms in total. The number of nitrogens with zero attached hydrogens (tertiary/aromatic N) is 2. The summed E-state index contributed by atoms with van der Waals surface area (Å²) in [4.78, 5) is 31.1. The number of carbonyl (C=O) groups excluding carboxylic acids is 1. The number of rotatable bonds is 8. The Labute approximate surface area is 193 Å². The molecule has 0 spiro atoms. The van der Waals surface area contributed by atoms with Crippen LogP contribution in [0, 0.1) is 6.92 Å². The van der Waals surface area contributed by atoms with Crippen LogP contribution in [0.25, 0.3) is 11.0 Å². The normalized spacial score (nSPS) is 15.5. The fourth-order valence-electron chi connectivity index (χ4n) is 4.47. The maximum Gasteiger partial charge on any atom is 0.290 e. The number of aromatic hydroxyl groups is 1. The lowest BCUT2D eigenvalue weighted by molar-refractivity contribution is 0.0708. The summed E-state index contributed by atoms with van der Waals surface area (Å²) in [5.41, 5.74) is 2.18. The summed E-state index contributed by atoms with van der Waals surface area (Å²) in [6, 6.07) is 9.75. The Kier molecular flexibility index (Phi) is 6.42. The van der Waals surface area contributed by atoms with Crippen molar-refractivity contribution in [3.63, 3.8) is 0 Å². The smallest absolute Gasteiger partial charge is 0.290 e. The lowest BCUT2D eigenvalue weighted by Crippen LogP contribution is -2.37. The molecule has 7 heteroatoms. The van der Waals surface area contributed by atoms with E-state index in [2.05, 4.69) is 18.7 Å². The monoisotopic (exact) mass is 450 g/mol. The first-order valence-electron chi connectivity index (χ1n) is 11.5. The zero-order valence-corrected chi connectivity index (χ0v) is 19.6. The van der Waals surface area contributed by atoms with E-state index in [9.17, 15) is 14.7 Å². The highest BCUT2D eigenvalue weighted by molar-refractivity contribution is 5.99. The minimum atomic E-state index is -0.621. The van der Waals surface area contributed by atoms with Gasteiger partial charge in [0, 0.05) is 13.1 Å². The van der Waals surface area contributed by atoms with Gasteiger partial charge in [-0.05, 0) is 56.8 Å². The van der Waals surface area contributed by atoms with E-state index in [1.807, 2.05) is 19.9 Å². The molecular formula is C26H30N2O5. The molecule has 0 saturated heterocycles. The van der Waals surface area contributed by atoms with Crippen molar-refractivity contribution in [2.24, 2.45) is 0 Å². The highest BCUT2D eigenvalue weighted by Crippen LogP contribution is 2.40. The van der Waals surface area contributed by atoms with Crippen LogP contribution in [-0.4, -0.2) is 53.6 Å². The Morgan fingerprint density at radius 3 is 2.55 bits per heavy atom. The number of phenols is 1. The Morgan fingerprint density at radius 2 is 1.85 bits per heavy atom. The fourth-order valence-corrected chi connectivity index (χ4v) is 4.47. The molecule has 4 rings (SSSR count). The van der Waals surface area contributed by atoms with Crippen molar-refractivity contribution in [2.75, 3.05) is 32.8 Å². The summed E-state index contributed by atoms with van der Waals surface area (Å²) >= 11 is 0. The number of hydrogen-bond acceptors (Lipinski definition) is 6. The number of carbonyl (C=O) groups is 1. The van der Waals surface area contributed by atoms with Crippen molar-refractivity contribution in [1.29, 1.82) is 0 Å². The van der Waals surface area contributed by atoms with Crippen LogP contribution in [0.4, 0.5) is 0 Å². The molecule has 1 aliphatic rings. The van der Waals surface area contributed by atoms with Crippen LogP contribution in [0.5, 0.6) is 11.5 Å². The predicted molar refractivity (Wildman–Crippen MR) is 127 cm³/mol. The van der Waals surface area contributed by atoms with Gasteiger partial charge in [-0.3, -0.25) is 9.59 Å². The van der Waals surface area contributed by atoms with Gasteiger partial charge in [0.05, 0.1) is 23.6 Å². The highest BCUT2D eigenvalue weighted by Gasteiger charge is 2.42. The first-order valence-corrected chi connectivity index (χ1v) is 11.5. The van der Waals surface area contributed by atoms with Crippen LogP contribution in [0.2, 0.25) is 0 Å². The van der Waals surface area contributed by atoms with Crippen LogP contribution in [0.3, 0.4) is 0 Å². The molecule has 1 aliphatic heterocycles. The molecule has 2 aromatic carbocycles. The molecule has 1 amide bonds. The van der Waals surface area contributed by atoms with E-state index >= 15 is 0 Å². The van der Waals surface area contributed by atoms with Gasteiger partial charge in [0.15, 0.2) is 16.9 Å². The van der Waals surface area contributed by atoms with Crippen LogP contribution in [-0.2, 0) is 0 Å². The topological polar surface area (TPSA) is 83.2 Å². The highest BCUT2D eigenvalue weighted by atomic mass is 16.5. The molecule has 3 aromatic rings. The molecule has 0 aliphatic carbocycles. The van der Waals surface area contributed by atoms with Gasteiger partial charge >= 0.3 is 0 Å². The molecule has 174 valence electrons. The van der Waals surface area contributed by atoms with Gasteiger partial charge in [0.25, 0.3) is 5.91 Å². The number of likely N-dealkylation sites (N-methyl/N-ethyl adjacent to an activating group) is 1. The number of phenolic OH excluding ortho intramolecular Hbond substituents is 1. The molecule has 2 heterocycles. The van der Waals surface area contributed by atoms with Crippen molar-refractivity contribution < 1.29 is 19.1 Å². The van der Waals surface area contributed by atoms with Crippen molar-refractivity contribution in [2.45, 2.75) is 33.7 Å². The van der Waals surface area contributed by atoms with E-state index in [4.69, 9.17) is 9.15 Å². The summed E-state index contributed by atoms with van der Waals surface area (Å²) in [6.07, 6.45) is 0. The zero-order chi connectivity index (χ0) is 23.7. The SMILES string of the molecule is CCOc1cc(C2c3c(oc4ccc(C)cc4c3=O)C(=O)N2CCN(CC)CC)ccc1O. The molecular weight excluding hydrogens is 420 g/mol. The molecule has 0 saturated carbocycles. The molecule has 1 N–H and O–H groups in total. The Morgan fingerprint density at radius 1 is 1.09 bits per heavy atom. The van der Waals surface area contributed by atoms with Crippen LogP contribution in [0.15, 0.2) is 45.6 Å². The third-order valence-electron chi connectivity index (χ3n) is 6.27. The van der Waals surface area contributed by atoms with E-state index in [1.54, 1.807) is 29.2 Å². The summed E-state index contributed by atoms with van der Waals surface area (Å²) in [5.74, 6) is 0.126. The molecule has 33 heavy (non-hydrogen) atoms. The van der Waals surface area contributed by atoms with Gasteiger partial charge in [-0.1, -0.05) is 31.5 Å². The van der Waals surface area contributed by atoms with Crippen LogP contribution < -0.4 is 10.2 Å². The van der Waals surface area contributed by atoms with E-state index in [1.165, 1.54) is 6.07 Å². The maximum absolute atomic E-state index is 13.6. The largest absolute Gasteiger partial charge is 0.504 e. The van der Waals surface area contributed by atoms with Crippen molar-refractivity contribution >= 4 is 16.9 Å². The van der Waals surface area contributed by atoms with Gasteiger partial charge in [-0.2, -0.15) is 0 Å². The van der Waals surface area contributed by atoms with E-state index in [0.29, 0.717) is 47.5 Å². The van der Waals surface area contributed by atoms with Crippen molar-refractivity contribution in [1.82, 2.24) is 9.80 Å². The minimum Gasteiger partial charge on any atom is -0.504 e. The summed E-state index contributed by atoms with van der Waals surface area (Å²) < 4.78 is 11.6. The van der Waals surface area contributed by atoms with Crippen LogP contribution in [0.1, 0.15) is 54.1 Å². The van der Waals surface area contributed by atoms with Gasteiger partial charge in [-0.15, -0.1) is 0 Å². The number of aryl methyl sites for hydroxylation is 1. The standard InChI is InChI=1S/C26H30N2O5/c1-5-27(6-2)12-13-28-23(17-9-10-19(29)21(15-17)32-7-3)22-24(30)18-14-16(4)8-11-20(18)33-25(22)26(28)31/h8-11,14-15,23,29H,5-7,12-13H2,1-4H3. The third-order valence-corrected chi connectivity index (χ3v) is 6.27.